The van der Waals surface area contributed by atoms with Crippen LogP contribution in [0.3, 0.4) is 0 Å². The summed E-state index contributed by atoms with van der Waals surface area (Å²) in [4.78, 5) is 24.7. The Labute approximate surface area is 155 Å². The Morgan fingerprint density at radius 1 is 1.00 bits per heavy atom. The van der Waals surface area contributed by atoms with Crippen LogP contribution in [0.4, 0.5) is 0 Å². The molecule has 0 bridgehead atoms. The standard InChI is InChI=1S/C16H23NO6S2/c1-17(2)11-16(21)23-6-8-25-24-7-5-22-15(20)10-12-3-4-13(18)14(19)9-12/h3-4,9,18-19H,5-8,10-11H2,1-2H3. The van der Waals surface area contributed by atoms with Crippen LogP contribution in [0.15, 0.2) is 18.2 Å². The molecule has 0 aromatic heterocycles. The lowest BCUT2D eigenvalue weighted by atomic mass is 10.1. The van der Waals surface area contributed by atoms with Crippen molar-refractivity contribution in [1.82, 2.24) is 4.90 Å². The van der Waals surface area contributed by atoms with Gasteiger partial charge in [-0.15, -0.1) is 0 Å². The Morgan fingerprint density at radius 3 is 2.16 bits per heavy atom. The smallest absolute Gasteiger partial charge is 0.320 e. The lowest BCUT2D eigenvalue weighted by Crippen LogP contribution is -2.24. The van der Waals surface area contributed by atoms with E-state index in [1.54, 1.807) is 35.9 Å². The molecule has 0 unspecified atom stereocenters. The molecule has 1 aromatic rings. The third-order valence-electron chi connectivity index (χ3n) is 2.78. The summed E-state index contributed by atoms with van der Waals surface area (Å²) in [6, 6.07) is 4.22. The Morgan fingerprint density at radius 2 is 1.60 bits per heavy atom. The van der Waals surface area contributed by atoms with E-state index in [1.165, 1.54) is 22.9 Å². The van der Waals surface area contributed by atoms with Crippen LogP contribution in [-0.4, -0.2) is 72.4 Å². The highest BCUT2D eigenvalue weighted by molar-refractivity contribution is 8.76. The number of likely N-dealkylation sites (N-methyl/N-ethyl adjacent to an activating group) is 1. The molecular formula is C16H23NO6S2. The average molecular weight is 389 g/mol. The van der Waals surface area contributed by atoms with Crippen molar-refractivity contribution < 1.29 is 29.3 Å². The number of carbonyl (C=O) groups excluding carboxylic acids is 2. The van der Waals surface area contributed by atoms with Gasteiger partial charge in [-0.3, -0.25) is 14.5 Å². The first-order valence-electron chi connectivity index (χ1n) is 7.59. The van der Waals surface area contributed by atoms with Crippen molar-refractivity contribution in [3.8, 4) is 11.5 Å². The topological polar surface area (TPSA) is 96.3 Å². The third-order valence-corrected chi connectivity index (χ3v) is 5.11. The van der Waals surface area contributed by atoms with Gasteiger partial charge >= 0.3 is 11.9 Å². The average Bonchev–Trinajstić information content (AvgIpc) is 2.52. The van der Waals surface area contributed by atoms with E-state index in [0.29, 0.717) is 23.7 Å². The summed E-state index contributed by atoms with van der Waals surface area (Å²) in [6.45, 7) is 0.905. The van der Waals surface area contributed by atoms with Crippen LogP contribution in [0.25, 0.3) is 0 Å². The van der Waals surface area contributed by atoms with Gasteiger partial charge in [0.15, 0.2) is 11.5 Å². The van der Waals surface area contributed by atoms with E-state index >= 15 is 0 Å². The molecule has 0 radical (unpaired) electrons. The molecule has 0 spiro atoms. The molecule has 0 atom stereocenters. The van der Waals surface area contributed by atoms with Crippen molar-refractivity contribution in [2.24, 2.45) is 0 Å². The number of esters is 2. The van der Waals surface area contributed by atoms with Crippen molar-refractivity contribution in [3.05, 3.63) is 23.8 Å². The molecule has 1 rings (SSSR count). The Balaban J connectivity index is 2.03. The minimum Gasteiger partial charge on any atom is -0.504 e. The van der Waals surface area contributed by atoms with E-state index in [0.717, 1.165) is 0 Å². The van der Waals surface area contributed by atoms with Gasteiger partial charge in [-0.05, 0) is 31.8 Å². The van der Waals surface area contributed by atoms with Crippen LogP contribution in [0, 0.1) is 0 Å². The summed E-state index contributed by atoms with van der Waals surface area (Å²) in [6.07, 6.45) is 0.0352. The lowest BCUT2D eigenvalue weighted by molar-refractivity contribution is -0.144. The minimum absolute atomic E-state index is 0.0352. The Kier molecular flexibility index (Phi) is 10.2. The summed E-state index contributed by atoms with van der Waals surface area (Å²) in [7, 11) is 6.69. The lowest BCUT2D eigenvalue weighted by Gasteiger charge is -2.09. The number of ether oxygens (including phenoxy) is 2. The van der Waals surface area contributed by atoms with E-state index in [9.17, 15) is 19.8 Å². The molecule has 0 saturated heterocycles. The molecule has 0 aliphatic heterocycles. The number of hydrogen-bond donors (Lipinski definition) is 2. The van der Waals surface area contributed by atoms with Crippen molar-refractivity contribution >= 4 is 33.5 Å². The Hall–Kier alpha value is -1.58. The first kappa shape index (κ1) is 21.5. The largest absolute Gasteiger partial charge is 0.504 e. The van der Waals surface area contributed by atoms with Crippen LogP contribution in [0.1, 0.15) is 5.56 Å². The third kappa shape index (κ3) is 10.1. The molecule has 9 heteroatoms. The van der Waals surface area contributed by atoms with E-state index in [4.69, 9.17) is 9.47 Å². The van der Waals surface area contributed by atoms with Crippen LogP contribution < -0.4 is 0 Å². The van der Waals surface area contributed by atoms with E-state index in [2.05, 4.69) is 0 Å². The van der Waals surface area contributed by atoms with Gasteiger partial charge in [0, 0.05) is 11.5 Å². The SMILES string of the molecule is CN(C)CC(=O)OCCSSCCOC(=O)Cc1ccc(O)c(O)c1. The highest BCUT2D eigenvalue weighted by Gasteiger charge is 2.08. The summed E-state index contributed by atoms with van der Waals surface area (Å²) < 4.78 is 10.1. The van der Waals surface area contributed by atoms with Gasteiger partial charge < -0.3 is 19.7 Å². The van der Waals surface area contributed by atoms with Crippen LogP contribution >= 0.6 is 21.6 Å². The van der Waals surface area contributed by atoms with Crippen LogP contribution in [0.2, 0.25) is 0 Å². The maximum Gasteiger partial charge on any atom is 0.320 e. The van der Waals surface area contributed by atoms with Gasteiger partial charge in [0.1, 0.15) is 13.2 Å². The predicted molar refractivity (Wildman–Crippen MR) is 98.9 cm³/mol. The number of hydrogen-bond acceptors (Lipinski definition) is 9. The molecular weight excluding hydrogens is 366 g/mol. The van der Waals surface area contributed by atoms with Crippen molar-refractivity contribution in [1.29, 1.82) is 0 Å². The van der Waals surface area contributed by atoms with Gasteiger partial charge in [-0.1, -0.05) is 27.7 Å². The van der Waals surface area contributed by atoms with Crippen molar-refractivity contribution in [2.75, 3.05) is 45.4 Å². The van der Waals surface area contributed by atoms with Gasteiger partial charge in [0.05, 0.1) is 13.0 Å². The summed E-state index contributed by atoms with van der Waals surface area (Å²) >= 11 is 0. The fourth-order valence-electron chi connectivity index (χ4n) is 1.70. The maximum atomic E-state index is 11.7. The zero-order valence-electron chi connectivity index (χ0n) is 14.3. The number of benzene rings is 1. The summed E-state index contributed by atoms with van der Waals surface area (Å²) in [5.74, 6) is 0.174. The van der Waals surface area contributed by atoms with Gasteiger partial charge in [-0.25, -0.2) is 0 Å². The Bertz CT molecular complexity index is 568. The second-order valence-electron chi connectivity index (χ2n) is 5.32. The molecule has 7 nitrogen and oxygen atoms in total. The van der Waals surface area contributed by atoms with E-state index < -0.39 is 5.97 Å². The molecule has 140 valence electrons. The number of nitrogens with zero attached hydrogens (tertiary/aromatic N) is 1. The van der Waals surface area contributed by atoms with Gasteiger partial charge in [0.25, 0.3) is 0 Å². The number of aromatic hydroxyl groups is 2. The van der Waals surface area contributed by atoms with E-state index in [-0.39, 0.29) is 37.0 Å². The first-order valence-corrected chi connectivity index (χ1v) is 10.1. The molecule has 0 amide bonds. The highest BCUT2D eigenvalue weighted by atomic mass is 33.1. The van der Waals surface area contributed by atoms with E-state index in [1.807, 2.05) is 0 Å². The summed E-state index contributed by atoms with van der Waals surface area (Å²) in [5, 5.41) is 18.6. The zero-order valence-corrected chi connectivity index (χ0v) is 15.9. The van der Waals surface area contributed by atoms with Crippen molar-refractivity contribution in [3.63, 3.8) is 0 Å². The summed E-state index contributed by atoms with van der Waals surface area (Å²) in [5.41, 5.74) is 0.571. The van der Waals surface area contributed by atoms with Crippen LogP contribution in [-0.2, 0) is 25.5 Å². The predicted octanol–water partition coefficient (Wildman–Crippen LogP) is 1.67. The molecule has 0 saturated carbocycles. The van der Waals surface area contributed by atoms with Gasteiger partial charge in [-0.2, -0.15) is 0 Å². The fraction of sp³-hybridized carbons (Fsp3) is 0.500. The highest BCUT2D eigenvalue weighted by Crippen LogP contribution is 2.25. The molecule has 0 aliphatic carbocycles. The second-order valence-corrected chi connectivity index (χ2v) is 8.02. The number of phenols is 2. The fourth-order valence-corrected chi connectivity index (χ4v) is 3.35. The quantitative estimate of drug-likeness (QED) is 0.253. The minimum atomic E-state index is -0.395. The molecule has 0 aliphatic rings. The molecule has 2 N–H and O–H groups in total. The molecule has 0 fully saturated rings. The number of phenolic OH excluding ortho intramolecular Hbond substituents is 2. The van der Waals surface area contributed by atoms with Gasteiger partial charge in [0.2, 0.25) is 0 Å². The normalized spacial score (nSPS) is 10.7. The first-order chi connectivity index (χ1) is 11.9. The monoisotopic (exact) mass is 389 g/mol. The zero-order chi connectivity index (χ0) is 18.7. The molecule has 0 heterocycles. The molecule has 25 heavy (non-hydrogen) atoms. The second kappa shape index (κ2) is 11.9. The maximum absolute atomic E-state index is 11.7. The van der Waals surface area contributed by atoms with Crippen LogP contribution in [0.5, 0.6) is 11.5 Å². The molecule has 1 aromatic carbocycles. The number of rotatable bonds is 11. The number of carbonyl (C=O) groups is 2. The van der Waals surface area contributed by atoms with Crippen molar-refractivity contribution in [2.45, 2.75) is 6.42 Å².